The van der Waals surface area contributed by atoms with Gasteiger partial charge in [-0.3, -0.25) is 0 Å². The molecule has 1 unspecified atom stereocenters. The maximum Gasteiger partial charge on any atom is 0.0377 e. The molecule has 1 atom stereocenters. The van der Waals surface area contributed by atoms with Gasteiger partial charge in [-0.1, -0.05) is 35.8 Å². The van der Waals surface area contributed by atoms with Crippen LogP contribution in [0.2, 0.25) is 0 Å². The van der Waals surface area contributed by atoms with E-state index in [2.05, 4.69) is 58.2 Å². The van der Waals surface area contributed by atoms with Gasteiger partial charge in [-0.25, -0.2) is 0 Å². The van der Waals surface area contributed by atoms with Crippen molar-refractivity contribution in [3.8, 4) is 0 Å². The van der Waals surface area contributed by atoms with E-state index < -0.39 is 0 Å². The van der Waals surface area contributed by atoms with Gasteiger partial charge in [-0.15, -0.1) is 0 Å². The Balaban J connectivity index is 2.00. The number of halogens is 1. The normalized spacial score (nSPS) is 19.9. The highest BCUT2D eigenvalue weighted by molar-refractivity contribution is 9.10. The van der Waals surface area contributed by atoms with Gasteiger partial charge in [0.25, 0.3) is 0 Å². The lowest BCUT2D eigenvalue weighted by Gasteiger charge is -2.23. The zero-order chi connectivity index (χ0) is 14.4. The topological polar surface area (TPSA) is 15.3 Å². The van der Waals surface area contributed by atoms with E-state index in [0.717, 1.165) is 19.0 Å². The lowest BCUT2D eigenvalue weighted by molar-refractivity contribution is 0.521. The number of rotatable bonds is 5. The summed E-state index contributed by atoms with van der Waals surface area (Å²) in [6.07, 6.45) is 5.19. The van der Waals surface area contributed by atoms with Crippen molar-refractivity contribution in [2.45, 2.75) is 46.1 Å². The Morgan fingerprint density at radius 1 is 1.30 bits per heavy atom. The van der Waals surface area contributed by atoms with E-state index in [1.807, 2.05) is 0 Å². The fourth-order valence-electron chi connectivity index (χ4n) is 2.80. The zero-order valence-corrected chi connectivity index (χ0v) is 14.4. The highest BCUT2D eigenvalue weighted by atomic mass is 79.9. The van der Waals surface area contributed by atoms with E-state index in [-0.39, 0.29) is 0 Å². The molecule has 0 aromatic heterocycles. The first-order chi connectivity index (χ1) is 9.70. The van der Waals surface area contributed by atoms with Gasteiger partial charge in [0.1, 0.15) is 0 Å². The van der Waals surface area contributed by atoms with Gasteiger partial charge in [0, 0.05) is 29.8 Å². The molecule has 20 heavy (non-hydrogen) atoms. The molecule has 0 amide bonds. The third-order valence-corrected chi connectivity index (χ3v) is 4.90. The average molecular weight is 339 g/mol. The molecule has 0 saturated carbocycles. The molecule has 112 valence electrons. The van der Waals surface area contributed by atoms with Crippen LogP contribution in [-0.2, 0) is 6.54 Å². The summed E-state index contributed by atoms with van der Waals surface area (Å²) in [5.74, 6) is 0.876. The van der Waals surface area contributed by atoms with E-state index in [1.165, 1.54) is 54.5 Å². The van der Waals surface area contributed by atoms with Crippen LogP contribution >= 0.6 is 15.9 Å². The Hall–Kier alpha value is -0.540. The van der Waals surface area contributed by atoms with Crippen LogP contribution in [0.25, 0.3) is 0 Å². The van der Waals surface area contributed by atoms with Gasteiger partial charge in [0.05, 0.1) is 0 Å². The Morgan fingerprint density at radius 2 is 2.15 bits per heavy atom. The van der Waals surface area contributed by atoms with Crippen molar-refractivity contribution in [3.05, 3.63) is 28.2 Å². The Morgan fingerprint density at radius 3 is 2.90 bits per heavy atom. The smallest absolute Gasteiger partial charge is 0.0377 e. The molecule has 0 radical (unpaired) electrons. The van der Waals surface area contributed by atoms with Gasteiger partial charge in [0.15, 0.2) is 0 Å². The minimum absolute atomic E-state index is 0.876. The number of nitrogens with one attached hydrogen (secondary N) is 1. The molecule has 1 N–H and O–H groups in total. The fraction of sp³-hybridized carbons (Fsp3) is 0.647. The van der Waals surface area contributed by atoms with Crippen LogP contribution in [0.15, 0.2) is 22.7 Å². The summed E-state index contributed by atoms with van der Waals surface area (Å²) in [5, 5.41) is 3.46. The van der Waals surface area contributed by atoms with Crippen LogP contribution in [0.5, 0.6) is 0 Å². The van der Waals surface area contributed by atoms with E-state index in [4.69, 9.17) is 0 Å². The summed E-state index contributed by atoms with van der Waals surface area (Å²) in [6.45, 7) is 9.00. The second-order valence-corrected chi connectivity index (χ2v) is 6.83. The number of hydrogen-bond donors (Lipinski definition) is 1. The summed E-state index contributed by atoms with van der Waals surface area (Å²) in [4.78, 5) is 2.54. The number of nitrogens with zero attached hydrogens (tertiary/aromatic N) is 1. The average Bonchev–Trinajstić information content (AvgIpc) is 2.65. The summed E-state index contributed by atoms with van der Waals surface area (Å²) < 4.78 is 1.23. The second kappa shape index (κ2) is 8.04. The molecule has 1 aliphatic rings. The largest absolute Gasteiger partial charge is 0.371 e. The van der Waals surface area contributed by atoms with Crippen LogP contribution in [0.1, 0.15) is 45.1 Å². The van der Waals surface area contributed by atoms with Crippen LogP contribution in [0.4, 0.5) is 5.69 Å². The van der Waals surface area contributed by atoms with Gasteiger partial charge in [-0.2, -0.15) is 0 Å². The number of hydrogen-bond acceptors (Lipinski definition) is 2. The highest BCUT2D eigenvalue weighted by Crippen LogP contribution is 2.27. The van der Waals surface area contributed by atoms with Crippen LogP contribution in [0, 0.1) is 5.92 Å². The number of anilines is 1. The van der Waals surface area contributed by atoms with E-state index in [1.54, 1.807) is 0 Å². The molecule has 0 bridgehead atoms. The van der Waals surface area contributed by atoms with Crippen molar-refractivity contribution in [1.82, 2.24) is 5.32 Å². The Bertz CT molecular complexity index is 419. The van der Waals surface area contributed by atoms with Crippen molar-refractivity contribution < 1.29 is 0 Å². The summed E-state index contributed by atoms with van der Waals surface area (Å²) in [6, 6.07) is 6.83. The minimum Gasteiger partial charge on any atom is -0.371 e. The standard InChI is InChI=1S/C17H27BrN2/c1-3-9-19-13-15-6-7-16(12-17(15)18)20-10-4-5-14(2)8-11-20/h6-7,12,14,19H,3-5,8-11,13H2,1-2H3. The highest BCUT2D eigenvalue weighted by Gasteiger charge is 2.14. The van der Waals surface area contributed by atoms with Crippen LogP contribution in [-0.4, -0.2) is 19.6 Å². The first-order valence-electron chi connectivity index (χ1n) is 7.94. The van der Waals surface area contributed by atoms with Crippen molar-refractivity contribution in [3.63, 3.8) is 0 Å². The van der Waals surface area contributed by atoms with Gasteiger partial charge >= 0.3 is 0 Å². The molecule has 1 saturated heterocycles. The van der Waals surface area contributed by atoms with Crippen molar-refractivity contribution in [2.75, 3.05) is 24.5 Å². The predicted octanol–water partition coefficient (Wildman–Crippen LogP) is 4.58. The van der Waals surface area contributed by atoms with Gasteiger partial charge < -0.3 is 10.2 Å². The SMILES string of the molecule is CCCNCc1ccc(N2CCCC(C)CC2)cc1Br. The second-order valence-electron chi connectivity index (χ2n) is 5.98. The number of benzene rings is 1. The molecule has 2 nitrogen and oxygen atoms in total. The quantitative estimate of drug-likeness (QED) is 0.790. The fourth-order valence-corrected chi connectivity index (χ4v) is 3.30. The molecule has 0 aliphatic carbocycles. The molecule has 1 heterocycles. The van der Waals surface area contributed by atoms with E-state index in [0.29, 0.717) is 0 Å². The molecular weight excluding hydrogens is 312 g/mol. The lowest BCUT2D eigenvalue weighted by Crippen LogP contribution is -2.24. The summed E-state index contributed by atoms with van der Waals surface area (Å²) in [5.41, 5.74) is 2.72. The molecule has 1 fully saturated rings. The maximum atomic E-state index is 3.73. The van der Waals surface area contributed by atoms with E-state index >= 15 is 0 Å². The van der Waals surface area contributed by atoms with Crippen molar-refractivity contribution in [2.24, 2.45) is 5.92 Å². The lowest BCUT2D eigenvalue weighted by atomic mass is 10.0. The molecule has 2 rings (SSSR count). The van der Waals surface area contributed by atoms with Crippen molar-refractivity contribution >= 4 is 21.6 Å². The molecule has 0 spiro atoms. The third-order valence-electron chi connectivity index (χ3n) is 4.16. The molecular formula is C17H27BrN2. The molecule has 3 heteroatoms. The first kappa shape index (κ1) is 15.8. The van der Waals surface area contributed by atoms with Gasteiger partial charge in [0.2, 0.25) is 0 Å². The summed E-state index contributed by atoms with van der Waals surface area (Å²) >= 11 is 3.73. The van der Waals surface area contributed by atoms with Crippen molar-refractivity contribution in [1.29, 1.82) is 0 Å². The molecule has 1 aromatic carbocycles. The predicted molar refractivity (Wildman–Crippen MR) is 91.4 cm³/mol. The minimum atomic E-state index is 0.876. The van der Waals surface area contributed by atoms with Crippen LogP contribution in [0.3, 0.4) is 0 Å². The maximum absolute atomic E-state index is 3.73. The third kappa shape index (κ3) is 4.49. The first-order valence-corrected chi connectivity index (χ1v) is 8.74. The molecule has 1 aliphatic heterocycles. The molecule has 1 aromatic rings. The zero-order valence-electron chi connectivity index (χ0n) is 12.8. The van der Waals surface area contributed by atoms with Gasteiger partial charge in [-0.05, 0) is 55.8 Å². The van der Waals surface area contributed by atoms with E-state index in [9.17, 15) is 0 Å². The van der Waals surface area contributed by atoms with Crippen LogP contribution < -0.4 is 10.2 Å². The Kier molecular flexibility index (Phi) is 6.37. The Labute approximate surface area is 132 Å². The monoisotopic (exact) mass is 338 g/mol. The summed E-state index contributed by atoms with van der Waals surface area (Å²) in [7, 11) is 0.